The summed E-state index contributed by atoms with van der Waals surface area (Å²) in [6, 6.07) is 15.7. The molecule has 1 aromatic carbocycles. The first-order valence-corrected chi connectivity index (χ1v) is 11.4. The fourth-order valence-electron chi connectivity index (χ4n) is 4.51. The number of hydrogen-bond donors (Lipinski definition) is 2. The zero-order chi connectivity index (χ0) is 23.5. The van der Waals surface area contributed by atoms with Crippen molar-refractivity contribution in [2.24, 2.45) is 0 Å². The fourth-order valence-corrected chi connectivity index (χ4v) is 4.86. The van der Waals surface area contributed by atoms with Crippen LogP contribution in [0.1, 0.15) is 41.7 Å². The number of pyridine rings is 1. The van der Waals surface area contributed by atoms with Crippen LogP contribution in [0.5, 0.6) is 0 Å². The van der Waals surface area contributed by atoms with Crippen LogP contribution in [-0.2, 0) is 16.1 Å². The van der Waals surface area contributed by atoms with Gasteiger partial charge in [0.15, 0.2) is 5.11 Å². The second-order valence-electron chi connectivity index (χ2n) is 8.20. The number of nitrogens with zero attached hydrogens (tertiary/aromatic N) is 3. The van der Waals surface area contributed by atoms with Crippen LogP contribution in [-0.4, -0.2) is 34.3 Å². The Balaban J connectivity index is 1.79. The first kappa shape index (κ1) is 22.9. The van der Waals surface area contributed by atoms with Crippen molar-refractivity contribution in [2.75, 3.05) is 23.9 Å². The van der Waals surface area contributed by atoms with E-state index in [2.05, 4.69) is 45.0 Å². The van der Waals surface area contributed by atoms with Gasteiger partial charge < -0.3 is 24.8 Å². The molecule has 0 saturated carbocycles. The summed E-state index contributed by atoms with van der Waals surface area (Å²) < 4.78 is 7.61. The quantitative estimate of drug-likeness (QED) is 0.510. The number of benzene rings is 1. The predicted octanol–water partition coefficient (Wildman–Crippen LogP) is 4.28. The molecule has 1 fully saturated rings. The van der Waals surface area contributed by atoms with Crippen molar-refractivity contribution in [3.8, 4) is 0 Å². The molecule has 2 N–H and O–H groups in total. The molecule has 1 saturated heterocycles. The van der Waals surface area contributed by atoms with Crippen molar-refractivity contribution >= 4 is 34.6 Å². The van der Waals surface area contributed by atoms with Gasteiger partial charge in [0.1, 0.15) is 0 Å². The van der Waals surface area contributed by atoms with E-state index in [4.69, 9.17) is 17.0 Å². The van der Waals surface area contributed by atoms with E-state index in [9.17, 15) is 4.79 Å². The molecule has 3 heterocycles. The van der Waals surface area contributed by atoms with Crippen LogP contribution in [0.4, 0.5) is 11.4 Å². The average Bonchev–Trinajstić information content (AvgIpc) is 3.28. The molecule has 0 radical (unpaired) electrons. The highest BCUT2D eigenvalue weighted by atomic mass is 32.1. The van der Waals surface area contributed by atoms with Gasteiger partial charge in [0.05, 0.1) is 24.4 Å². The lowest BCUT2D eigenvalue weighted by atomic mass is 9.96. The van der Waals surface area contributed by atoms with Crippen LogP contribution in [0.2, 0.25) is 0 Å². The highest BCUT2D eigenvalue weighted by molar-refractivity contribution is 7.80. The number of hydrogen-bond acceptors (Lipinski definition) is 4. The maximum atomic E-state index is 11.4. The molecule has 0 aliphatic carbocycles. The van der Waals surface area contributed by atoms with Gasteiger partial charge in [0.25, 0.3) is 0 Å². The largest absolute Gasteiger partial charge is 0.383 e. The van der Waals surface area contributed by atoms with Crippen molar-refractivity contribution in [3.63, 3.8) is 0 Å². The van der Waals surface area contributed by atoms with E-state index >= 15 is 0 Å². The van der Waals surface area contributed by atoms with Gasteiger partial charge in [-0.2, -0.15) is 0 Å². The summed E-state index contributed by atoms with van der Waals surface area (Å²) in [5.41, 5.74) is 6.19. The SMILES string of the molecule is COCCn1c(C)cc([C@@H]2[C@H](c3ccccn3)NC(=S)N2c2ccc(NC(C)=O)cc2)c1C. The minimum absolute atomic E-state index is 0.0819. The van der Waals surface area contributed by atoms with Crippen molar-refractivity contribution in [2.45, 2.75) is 39.4 Å². The summed E-state index contributed by atoms with van der Waals surface area (Å²) in [5.74, 6) is -0.0994. The maximum absolute atomic E-state index is 11.4. The third-order valence-corrected chi connectivity index (χ3v) is 6.33. The van der Waals surface area contributed by atoms with Gasteiger partial charge in [-0.3, -0.25) is 9.78 Å². The molecule has 2 aromatic heterocycles. The third-order valence-electron chi connectivity index (χ3n) is 6.01. The Morgan fingerprint density at radius 2 is 1.97 bits per heavy atom. The number of carbonyl (C=O) groups excluding carboxylic acids is 1. The number of aromatic nitrogens is 2. The number of anilines is 2. The van der Waals surface area contributed by atoms with Crippen LogP contribution >= 0.6 is 12.2 Å². The fraction of sp³-hybridized carbons (Fsp3) is 0.320. The molecule has 1 aliphatic rings. The number of rotatable bonds is 7. The van der Waals surface area contributed by atoms with E-state index in [0.717, 1.165) is 23.6 Å². The topological polar surface area (TPSA) is 71.4 Å². The van der Waals surface area contributed by atoms with Crippen molar-refractivity contribution in [1.29, 1.82) is 0 Å². The predicted molar refractivity (Wildman–Crippen MR) is 134 cm³/mol. The second kappa shape index (κ2) is 9.72. The first-order chi connectivity index (χ1) is 15.9. The monoisotopic (exact) mass is 463 g/mol. The van der Waals surface area contributed by atoms with Crippen LogP contribution in [0.15, 0.2) is 54.7 Å². The smallest absolute Gasteiger partial charge is 0.221 e. The maximum Gasteiger partial charge on any atom is 0.221 e. The average molecular weight is 464 g/mol. The minimum atomic E-state index is -0.106. The standard InChI is InChI=1S/C25H29N5O2S/c1-16-15-21(17(2)29(16)13-14-32-4)24-23(22-7-5-6-12-26-22)28-25(33)30(24)20-10-8-19(9-11-20)27-18(3)31/h5-12,15,23-24H,13-14H2,1-4H3,(H,27,31)(H,28,33)/t23-,24+/m0/s1. The van der Waals surface area contributed by atoms with Gasteiger partial charge in [0, 0.05) is 49.5 Å². The Labute approximate surface area is 199 Å². The van der Waals surface area contributed by atoms with E-state index in [1.807, 2.05) is 48.7 Å². The molecule has 7 nitrogen and oxygen atoms in total. The van der Waals surface area contributed by atoms with Gasteiger partial charge in [-0.1, -0.05) is 6.07 Å². The Bertz CT molecular complexity index is 1140. The Morgan fingerprint density at radius 1 is 1.21 bits per heavy atom. The summed E-state index contributed by atoms with van der Waals surface area (Å²) in [6.45, 7) is 7.20. The molecule has 1 aliphatic heterocycles. The molecule has 0 unspecified atom stereocenters. The van der Waals surface area contributed by atoms with Gasteiger partial charge in [-0.25, -0.2) is 0 Å². The number of amides is 1. The second-order valence-corrected chi connectivity index (χ2v) is 8.58. The molecule has 1 amide bonds. The Morgan fingerprint density at radius 3 is 2.61 bits per heavy atom. The van der Waals surface area contributed by atoms with Gasteiger partial charge in [0.2, 0.25) is 5.91 Å². The highest BCUT2D eigenvalue weighted by Crippen LogP contribution is 2.43. The molecule has 3 aromatic rings. The summed E-state index contributed by atoms with van der Waals surface area (Å²) in [6.07, 6.45) is 1.81. The summed E-state index contributed by atoms with van der Waals surface area (Å²) in [5, 5.41) is 6.97. The van der Waals surface area contributed by atoms with Crippen LogP contribution in [0, 0.1) is 13.8 Å². The third kappa shape index (κ3) is 4.62. The minimum Gasteiger partial charge on any atom is -0.383 e. The molecular formula is C25H29N5O2S. The normalized spacial score (nSPS) is 17.8. The van der Waals surface area contributed by atoms with Crippen LogP contribution in [0.3, 0.4) is 0 Å². The summed E-state index contributed by atoms with van der Waals surface area (Å²) >= 11 is 5.82. The molecule has 0 spiro atoms. The lowest BCUT2D eigenvalue weighted by molar-refractivity contribution is -0.114. The van der Waals surface area contributed by atoms with Gasteiger partial charge in [-0.15, -0.1) is 0 Å². The number of carbonyl (C=O) groups is 1. The molecular weight excluding hydrogens is 434 g/mol. The number of thiocarbonyl (C=S) groups is 1. The number of nitrogens with one attached hydrogen (secondary N) is 2. The van der Waals surface area contributed by atoms with Crippen molar-refractivity contribution < 1.29 is 9.53 Å². The van der Waals surface area contributed by atoms with E-state index < -0.39 is 0 Å². The summed E-state index contributed by atoms with van der Waals surface area (Å²) in [7, 11) is 1.72. The molecule has 0 bridgehead atoms. The molecule has 4 rings (SSSR count). The van der Waals surface area contributed by atoms with Crippen LogP contribution in [0.25, 0.3) is 0 Å². The zero-order valence-electron chi connectivity index (χ0n) is 19.3. The number of ether oxygens (including phenoxy) is 1. The van der Waals surface area contributed by atoms with E-state index in [1.165, 1.54) is 23.9 Å². The van der Waals surface area contributed by atoms with Gasteiger partial charge in [-0.05, 0) is 74.1 Å². The Kier molecular flexibility index (Phi) is 6.76. The molecule has 172 valence electrons. The zero-order valence-corrected chi connectivity index (χ0v) is 20.1. The Hall–Kier alpha value is -3.23. The van der Waals surface area contributed by atoms with Gasteiger partial charge >= 0.3 is 0 Å². The van der Waals surface area contributed by atoms with E-state index in [0.29, 0.717) is 11.7 Å². The van der Waals surface area contributed by atoms with Crippen LogP contribution < -0.4 is 15.5 Å². The summed E-state index contributed by atoms with van der Waals surface area (Å²) in [4.78, 5) is 18.2. The molecule has 2 atom stereocenters. The first-order valence-electron chi connectivity index (χ1n) is 10.9. The lowest BCUT2D eigenvalue weighted by Gasteiger charge is -2.28. The molecule has 33 heavy (non-hydrogen) atoms. The van der Waals surface area contributed by atoms with E-state index in [1.54, 1.807) is 7.11 Å². The lowest BCUT2D eigenvalue weighted by Crippen LogP contribution is -2.29. The van der Waals surface area contributed by atoms with E-state index in [-0.39, 0.29) is 18.0 Å². The molecule has 8 heteroatoms. The number of aryl methyl sites for hydroxylation is 1. The highest BCUT2D eigenvalue weighted by Gasteiger charge is 2.42. The van der Waals surface area contributed by atoms with Crippen molar-refractivity contribution in [3.05, 3.63) is 77.4 Å². The van der Waals surface area contributed by atoms with Crippen molar-refractivity contribution in [1.82, 2.24) is 14.9 Å². The number of methoxy groups -OCH3 is 1.